The van der Waals surface area contributed by atoms with Crippen LogP contribution in [0.1, 0.15) is 34.3 Å². The molecule has 168 valence electrons. The van der Waals surface area contributed by atoms with Crippen molar-refractivity contribution in [2.45, 2.75) is 31.2 Å². The number of rotatable bonds is 3. The van der Waals surface area contributed by atoms with Gasteiger partial charge in [-0.05, 0) is 36.1 Å². The number of benzene rings is 2. The Bertz CT molecular complexity index is 1090. The number of hydrogen-bond donors (Lipinski definition) is 1. The van der Waals surface area contributed by atoms with Crippen LogP contribution in [-0.4, -0.2) is 40.9 Å². The number of likely N-dealkylation sites (tertiary alicyclic amines) is 1. The minimum atomic E-state index is -5.20. The minimum absolute atomic E-state index is 0.0506. The fraction of sp³-hybridized carbons (Fsp3) is 0.333. The highest BCUT2D eigenvalue weighted by Crippen LogP contribution is 2.44. The van der Waals surface area contributed by atoms with E-state index in [0.717, 1.165) is 29.3 Å². The number of nitrogens with one attached hydrogen (secondary N) is 1. The molecule has 1 fully saturated rings. The van der Waals surface area contributed by atoms with Crippen molar-refractivity contribution < 1.29 is 32.4 Å². The van der Waals surface area contributed by atoms with Crippen LogP contribution >= 0.6 is 0 Å². The quantitative estimate of drug-likeness (QED) is 0.568. The lowest BCUT2D eigenvalue weighted by molar-refractivity contribution is -0.384. The molecule has 0 aromatic heterocycles. The molecular weight excluding hydrogens is 431 g/mol. The number of carbonyl (C=O) groups excluding carboxylic acids is 2. The minimum Gasteiger partial charge on any atom is -0.365 e. The van der Waals surface area contributed by atoms with E-state index < -0.39 is 39.9 Å². The third-order valence-corrected chi connectivity index (χ3v) is 5.82. The van der Waals surface area contributed by atoms with Crippen LogP contribution in [0.2, 0.25) is 0 Å². The van der Waals surface area contributed by atoms with E-state index in [-0.39, 0.29) is 5.56 Å². The second-order valence-electron chi connectivity index (χ2n) is 7.67. The number of amides is 2. The van der Waals surface area contributed by atoms with Crippen molar-refractivity contribution in [1.29, 1.82) is 0 Å². The summed E-state index contributed by atoms with van der Waals surface area (Å²) in [4.78, 5) is 36.0. The molecule has 32 heavy (non-hydrogen) atoms. The van der Waals surface area contributed by atoms with E-state index in [1.54, 1.807) is 0 Å². The van der Waals surface area contributed by atoms with Gasteiger partial charge in [0.2, 0.25) is 0 Å². The molecule has 8 nitrogen and oxygen atoms in total. The molecule has 2 aliphatic rings. The average Bonchev–Trinajstić information content (AvgIpc) is 3.11. The average molecular weight is 449 g/mol. The molecule has 0 atom stereocenters. The predicted molar refractivity (Wildman–Crippen MR) is 106 cm³/mol. The molecule has 11 heteroatoms. The van der Waals surface area contributed by atoms with E-state index in [1.165, 1.54) is 10.2 Å². The summed E-state index contributed by atoms with van der Waals surface area (Å²) in [5.41, 5.74) is 0.264. The maximum atomic E-state index is 12.9. The van der Waals surface area contributed by atoms with E-state index in [2.05, 4.69) is 0 Å². The number of nitrogens with zero attached hydrogens (tertiary/aromatic N) is 2. The second-order valence-corrected chi connectivity index (χ2v) is 7.67. The highest BCUT2D eigenvalue weighted by atomic mass is 19.4. The normalized spacial score (nSPS) is 17.2. The van der Waals surface area contributed by atoms with Crippen LogP contribution < -0.4 is 5.32 Å². The van der Waals surface area contributed by atoms with Gasteiger partial charge in [-0.25, -0.2) is 0 Å². The molecule has 1 N–H and O–H groups in total. The number of fused-ring (bicyclic) bond motifs is 2. The lowest BCUT2D eigenvalue weighted by atomic mass is 9.83. The van der Waals surface area contributed by atoms with Gasteiger partial charge in [0.05, 0.1) is 17.1 Å². The standard InChI is InChI=1S/C21H18F3N3O5/c22-21(23,24)19(29)25-16-6-5-13(11-17(16)27(30)31)18(28)26-9-7-20(8-10-26)15-4-2-1-3-14(15)12-32-20/h1-6,11H,7-10,12H2,(H,25,29). The Morgan fingerprint density at radius 3 is 2.47 bits per heavy atom. The molecule has 2 aromatic carbocycles. The van der Waals surface area contributed by atoms with Gasteiger partial charge in [-0.15, -0.1) is 0 Å². The molecule has 2 heterocycles. The number of carbonyl (C=O) groups is 2. The molecule has 1 saturated heterocycles. The summed E-state index contributed by atoms with van der Waals surface area (Å²) in [7, 11) is 0. The number of hydrogen-bond acceptors (Lipinski definition) is 5. The van der Waals surface area contributed by atoms with E-state index >= 15 is 0 Å². The molecule has 2 aromatic rings. The van der Waals surface area contributed by atoms with Crippen LogP contribution in [0.15, 0.2) is 42.5 Å². The van der Waals surface area contributed by atoms with Crippen molar-refractivity contribution in [3.05, 3.63) is 69.3 Å². The highest BCUT2D eigenvalue weighted by molar-refractivity contribution is 5.99. The Labute approximate surface area is 180 Å². The number of ether oxygens (including phenoxy) is 1. The Balaban J connectivity index is 1.50. The summed E-state index contributed by atoms with van der Waals surface area (Å²) in [6.45, 7) is 1.21. The molecule has 0 unspecified atom stereocenters. The zero-order chi connectivity index (χ0) is 23.1. The third-order valence-electron chi connectivity index (χ3n) is 5.82. The van der Waals surface area contributed by atoms with E-state index in [0.29, 0.717) is 32.5 Å². The van der Waals surface area contributed by atoms with E-state index in [1.807, 2.05) is 24.3 Å². The number of nitro groups is 1. The lowest BCUT2D eigenvalue weighted by Crippen LogP contribution is -2.45. The Morgan fingerprint density at radius 1 is 1.12 bits per heavy atom. The molecule has 0 radical (unpaired) electrons. The van der Waals surface area contributed by atoms with Gasteiger partial charge in [0.1, 0.15) is 5.69 Å². The Morgan fingerprint density at radius 2 is 1.81 bits per heavy atom. The summed E-state index contributed by atoms with van der Waals surface area (Å²) in [5, 5.41) is 12.8. The van der Waals surface area contributed by atoms with Crippen molar-refractivity contribution in [2.75, 3.05) is 18.4 Å². The first kappa shape index (κ1) is 21.8. The van der Waals surface area contributed by atoms with E-state index in [9.17, 15) is 32.9 Å². The van der Waals surface area contributed by atoms with Crippen molar-refractivity contribution in [1.82, 2.24) is 4.90 Å². The Hall–Kier alpha value is -3.47. The smallest absolute Gasteiger partial charge is 0.365 e. The maximum absolute atomic E-state index is 12.9. The molecule has 0 bridgehead atoms. The van der Waals surface area contributed by atoms with Gasteiger partial charge >= 0.3 is 12.1 Å². The fourth-order valence-electron chi connectivity index (χ4n) is 4.17. The summed E-state index contributed by atoms with van der Waals surface area (Å²) >= 11 is 0. The number of piperidine rings is 1. The fourth-order valence-corrected chi connectivity index (χ4v) is 4.17. The number of nitro benzene ring substituents is 1. The van der Waals surface area contributed by atoms with Crippen molar-refractivity contribution in [3.8, 4) is 0 Å². The number of anilines is 1. The molecule has 2 amide bonds. The zero-order valence-electron chi connectivity index (χ0n) is 16.6. The zero-order valence-corrected chi connectivity index (χ0v) is 16.6. The van der Waals surface area contributed by atoms with Crippen LogP contribution in [0.3, 0.4) is 0 Å². The van der Waals surface area contributed by atoms with Crippen LogP contribution in [-0.2, 0) is 21.7 Å². The SMILES string of the molecule is O=C(c1ccc(NC(=O)C(F)(F)F)c([N+](=O)[O-])c1)N1CCC2(CC1)OCc1ccccc12. The molecular formula is C21H18F3N3O5. The number of halogens is 3. The second kappa shape index (κ2) is 7.90. The summed E-state index contributed by atoms with van der Waals surface area (Å²) < 4.78 is 43.5. The van der Waals surface area contributed by atoms with E-state index in [4.69, 9.17) is 4.74 Å². The predicted octanol–water partition coefficient (Wildman–Crippen LogP) is 3.76. The van der Waals surface area contributed by atoms with Gasteiger partial charge < -0.3 is 15.0 Å². The highest BCUT2D eigenvalue weighted by Gasteiger charge is 2.43. The van der Waals surface area contributed by atoms with Crippen molar-refractivity contribution in [2.24, 2.45) is 0 Å². The van der Waals surface area contributed by atoms with Gasteiger partial charge in [0.25, 0.3) is 11.6 Å². The van der Waals surface area contributed by atoms with Gasteiger partial charge in [0.15, 0.2) is 0 Å². The van der Waals surface area contributed by atoms with Crippen LogP contribution in [0, 0.1) is 10.1 Å². The Kier molecular flexibility index (Phi) is 5.37. The maximum Gasteiger partial charge on any atom is 0.471 e. The van der Waals surface area contributed by atoms with Crippen LogP contribution in [0.5, 0.6) is 0 Å². The first-order chi connectivity index (χ1) is 15.1. The monoisotopic (exact) mass is 449 g/mol. The molecule has 2 aliphatic heterocycles. The molecule has 1 spiro atoms. The van der Waals surface area contributed by atoms with Gasteiger partial charge in [-0.3, -0.25) is 19.7 Å². The van der Waals surface area contributed by atoms with Crippen molar-refractivity contribution in [3.63, 3.8) is 0 Å². The van der Waals surface area contributed by atoms with Gasteiger partial charge in [0, 0.05) is 24.7 Å². The summed E-state index contributed by atoms with van der Waals surface area (Å²) in [6, 6.07) is 10.8. The lowest BCUT2D eigenvalue weighted by Gasteiger charge is -2.39. The summed E-state index contributed by atoms with van der Waals surface area (Å²) in [5.74, 6) is -2.82. The molecule has 0 aliphatic carbocycles. The topological polar surface area (TPSA) is 102 Å². The molecule has 4 rings (SSSR count). The van der Waals surface area contributed by atoms with Crippen LogP contribution in [0.4, 0.5) is 24.5 Å². The first-order valence-electron chi connectivity index (χ1n) is 9.79. The van der Waals surface area contributed by atoms with Crippen molar-refractivity contribution >= 4 is 23.2 Å². The first-order valence-corrected chi connectivity index (χ1v) is 9.79. The van der Waals surface area contributed by atoms with Gasteiger partial charge in [-0.2, -0.15) is 13.2 Å². The van der Waals surface area contributed by atoms with Crippen LogP contribution in [0.25, 0.3) is 0 Å². The number of alkyl halides is 3. The third kappa shape index (κ3) is 3.91. The molecule has 0 saturated carbocycles. The summed E-state index contributed by atoms with van der Waals surface area (Å²) in [6.07, 6.45) is -4.10. The van der Waals surface area contributed by atoms with Gasteiger partial charge in [-0.1, -0.05) is 24.3 Å². The largest absolute Gasteiger partial charge is 0.471 e.